The fraction of sp³-hybridized carbons (Fsp3) is 0.263. The zero-order valence-corrected chi connectivity index (χ0v) is 15.8. The van der Waals surface area contributed by atoms with Crippen molar-refractivity contribution in [3.63, 3.8) is 0 Å². The zero-order valence-electron chi connectivity index (χ0n) is 15.8. The average Bonchev–Trinajstić information content (AvgIpc) is 3.23. The summed E-state index contributed by atoms with van der Waals surface area (Å²) in [4.78, 5) is 23.9. The molecule has 146 valence electrons. The number of nitrogens with zero attached hydrogens (tertiary/aromatic N) is 3. The van der Waals surface area contributed by atoms with Crippen molar-refractivity contribution in [2.45, 2.75) is 20.8 Å². The van der Waals surface area contributed by atoms with Gasteiger partial charge in [0.1, 0.15) is 5.76 Å². The van der Waals surface area contributed by atoms with Crippen LogP contribution in [0.1, 0.15) is 17.1 Å². The molecule has 0 aliphatic carbocycles. The SMILES string of the molecule is Cc1cc(OCC(=O)OCC(=O)Nc2c(C)nn(-c3ccccc3)c2C)no1. The van der Waals surface area contributed by atoms with Crippen LogP contribution in [0.25, 0.3) is 5.69 Å². The molecule has 9 heteroatoms. The molecule has 2 heterocycles. The Morgan fingerprint density at radius 3 is 2.57 bits per heavy atom. The van der Waals surface area contributed by atoms with Gasteiger partial charge in [-0.1, -0.05) is 18.2 Å². The molecular weight excluding hydrogens is 364 g/mol. The lowest BCUT2D eigenvalue weighted by Crippen LogP contribution is -2.24. The first-order valence-electron chi connectivity index (χ1n) is 8.57. The molecule has 1 aromatic carbocycles. The molecule has 2 aromatic heterocycles. The molecular formula is C19H20N4O5. The van der Waals surface area contributed by atoms with Crippen molar-refractivity contribution in [1.82, 2.24) is 14.9 Å². The molecule has 3 rings (SSSR count). The first-order chi connectivity index (χ1) is 13.4. The lowest BCUT2D eigenvalue weighted by Gasteiger charge is -2.08. The quantitative estimate of drug-likeness (QED) is 0.623. The van der Waals surface area contributed by atoms with E-state index in [0.29, 0.717) is 17.1 Å². The Kier molecular flexibility index (Phi) is 5.73. The third-order valence-electron chi connectivity index (χ3n) is 3.86. The molecule has 28 heavy (non-hydrogen) atoms. The molecule has 0 saturated heterocycles. The van der Waals surface area contributed by atoms with Gasteiger partial charge in [0, 0.05) is 6.07 Å². The summed E-state index contributed by atoms with van der Waals surface area (Å²) in [6.45, 7) is 4.54. The molecule has 0 unspecified atom stereocenters. The van der Waals surface area contributed by atoms with Gasteiger partial charge >= 0.3 is 5.97 Å². The molecule has 0 spiro atoms. The molecule has 0 aliphatic rings. The maximum atomic E-state index is 12.2. The summed E-state index contributed by atoms with van der Waals surface area (Å²) in [5.74, 6) is -0.420. The molecule has 1 N–H and O–H groups in total. The van der Waals surface area contributed by atoms with Crippen LogP contribution in [0.3, 0.4) is 0 Å². The summed E-state index contributed by atoms with van der Waals surface area (Å²) in [5.41, 5.74) is 2.90. The predicted molar refractivity (Wildman–Crippen MR) is 99.4 cm³/mol. The molecule has 0 fully saturated rings. The molecule has 0 radical (unpaired) electrons. The Morgan fingerprint density at radius 2 is 1.89 bits per heavy atom. The highest BCUT2D eigenvalue weighted by Gasteiger charge is 2.16. The fourth-order valence-electron chi connectivity index (χ4n) is 2.55. The van der Waals surface area contributed by atoms with E-state index < -0.39 is 18.5 Å². The number of anilines is 1. The van der Waals surface area contributed by atoms with E-state index in [2.05, 4.69) is 15.6 Å². The van der Waals surface area contributed by atoms with Crippen LogP contribution in [0.2, 0.25) is 0 Å². The molecule has 0 aliphatic heterocycles. The van der Waals surface area contributed by atoms with Gasteiger partial charge in [-0.3, -0.25) is 4.79 Å². The normalized spacial score (nSPS) is 10.5. The van der Waals surface area contributed by atoms with E-state index in [9.17, 15) is 9.59 Å². The number of para-hydroxylation sites is 1. The van der Waals surface area contributed by atoms with Gasteiger partial charge in [-0.15, -0.1) is 0 Å². The van der Waals surface area contributed by atoms with E-state index in [1.165, 1.54) is 6.07 Å². The van der Waals surface area contributed by atoms with E-state index in [1.54, 1.807) is 18.5 Å². The Balaban J connectivity index is 1.53. The molecule has 9 nitrogen and oxygen atoms in total. The summed E-state index contributed by atoms with van der Waals surface area (Å²) in [5, 5.41) is 10.8. The van der Waals surface area contributed by atoms with Crippen molar-refractivity contribution in [2.24, 2.45) is 0 Å². The smallest absolute Gasteiger partial charge is 0.344 e. The lowest BCUT2D eigenvalue weighted by molar-refractivity contribution is -0.149. The van der Waals surface area contributed by atoms with E-state index in [4.69, 9.17) is 14.0 Å². The zero-order chi connectivity index (χ0) is 20.1. The van der Waals surface area contributed by atoms with Gasteiger partial charge in [0.25, 0.3) is 11.8 Å². The van der Waals surface area contributed by atoms with Crippen molar-refractivity contribution in [1.29, 1.82) is 0 Å². The number of nitrogens with one attached hydrogen (secondary N) is 1. The average molecular weight is 384 g/mol. The van der Waals surface area contributed by atoms with E-state index in [-0.39, 0.29) is 12.5 Å². The first-order valence-corrected chi connectivity index (χ1v) is 8.57. The second-order valence-corrected chi connectivity index (χ2v) is 6.07. The largest absolute Gasteiger partial charge is 0.463 e. The number of esters is 1. The number of aromatic nitrogens is 3. The molecule has 0 bridgehead atoms. The third-order valence-corrected chi connectivity index (χ3v) is 3.86. The number of hydrogen-bond donors (Lipinski definition) is 1. The highest BCUT2D eigenvalue weighted by molar-refractivity contribution is 5.94. The van der Waals surface area contributed by atoms with Crippen molar-refractivity contribution < 1.29 is 23.6 Å². The number of rotatable bonds is 7. The topological polar surface area (TPSA) is 108 Å². The lowest BCUT2D eigenvalue weighted by atomic mass is 10.3. The Morgan fingerprint density at radius 1 is 1.14 bits per heavy atom. The standard InChI is InChI=1S/C19H20N4O5/c1-12-9-17(22-28-12)26-11-18(25)27-10-16(24)20-19-13(2)21-23(14(19)3)15-7-5-4-6-8-15/h4-9H,10-11H2,1-3H3,(H,20,24). The monoisotopic (exact) mass is 384 g/mol. The third kappa shape index (κ3) is 4.56. The Labute approximate surface area is 161 Å². The number of carbonyl (C=O) groups is 2. The Bertz CT molecular complexity index is 978. The van der Waals surface area contributed by atoms with Gasteiger partial charge in [0.2, 0.25) is 0 Å². The van der Waals surface area contributed by atoms with Gasteiger partial charge in [-0.2, -0.15) is 5.10 Å². The van der Waals surface area contributed by atoms with Gasteiger partial charge in [-0.05, 0) is 38.1 Å². The molecule has 0 atom stereocenters. The first kappa shape index (κ1) is 19.2. The maximum Gasteiger partial charge on any atom is 0.344 e. The van der Waals surface area contributed by atoms with Crippen LogP contribution >= 0.6 is 0 Å². The minimum absolute atomic E-state index is 0.179. The van der Waals surface area contributed by atoms with E-state index >= 15 is 0 Å². The van der Waals surface area contributed by atoms with E-state index in [0.717, 1.165) is 11.4 Å². The second-order valence-electron chi connectivity index (χ2n) is 6.07. The number of ether oxygens (including phenoxy) is 2. The molecule has 0 saturated carbocycles. The van der Waals surface area contributed by atoms with Crippen molar-refractivity contribution in [2.75, 3.05) is 18.5 Å². The summed E-state index contributed by atoms with van der Waals surface area (Å²) in [6, 6.07) is 11.1. The summed E-state index contributed by atoms with van der Waals surface area (Å²) >= 11 is 0. The van der Waals surface area contributed by atoms with Crippen LogP contribution in [0.15, 0.2) is 40.9 Å². The van der Waals surface area contributed by atoms with Gasteiger partial charge in [0.05, 0.1) is 22.8 Å². The van der Waals surface area contributed by atoms with E-state index in [1.807, 2.05) is 37.3 Å². The Hall–Kier alpha value is -3.62. The van der Waals surface area contributed by atoms with Crippen LogP contribution < -0.4 is 10.1 Å². The van der Waals surface area contributed by atoms with Crippen LogP contribution in [0, 0.1) is 20.8 Å². The number of benzene rings is 1. The maximum absolute atomic E-state index is 12.2. The summed E-state index contributed by atoms with van der Waals surface area (Å²) in [6.07, 6.45) is 0. The fourth-order valence-corrected chi connectivity index (χ4v) is 2.55. The predicted octanol–water partition coefficient (Wildman–Crippen LogP) is 2.35. The van der Waals surface area contributed by atoms with Gasteiger partial charge in [-0.25, -0.2) is 9.48 Å². The van der Waals surface area contributed by atoms with Crippen LogP contribution in [0.5, 0.6) is 5.88 Å². The number of hydrogen-bond acceptors (Lipinski definition) is 7. The number of amides is 1. The van der Waals surface area contributed by atoms with Crippen molar-refractivity contribution in [3.05, 3.63) is 53.5 Å². The van der Waals surface area contributed by atoms with Gasteiger partial charge < -0.3 is 19.3 Å². The van der Waals surface area contributed by atoms with Crippen LogP contribution in [0.4, 0.5) is 5.69 Å². The minimum Gasteiger partial charge on any atom is -0.463 e. The van der Waals surface area contributed by atoms with Gasteiger partial charge in [0.15, 0.2) is 13.2 Å². The highest BCUT2D eigenvalue weighted by Crippen LogP contribution is 2.22. The number of carbonyl (C=O) groups excluding carboxylic acids is 2. The highest BCUT2D eigenvalue weighted by atomic mass is 16.6. The second kappa shape index (κ2) is 8.38. The van der Waals surface area contributed by atoms with Crippen LogP contribution in [-0.4, -0.2) is 40.0 Å². The number of aryl methyl sites for hydroxylation is 2. The summed E-state index contributed by atoms with van der Waals surface area (Å²) < 4.78 is 16.6. The van der Waals surface area contributed by atoms with Crippen molar-refractivity contribution >= 4 is 17.6 Å². The van der Waals surface area contributed by atoms with Crippen molar-refractivity contribution in [3.8, 4) is 11.6 Å². The summed E-state index contributed by atoms with van der Waals surface area (Å²) in [7, 11) is 0. The minimum atomic E-state index is -0.691. The molecule has 3 aromatic rings. The van der Waals surface area contributed by atoms with Crippen LogP contribution in [-0.2, 0) is 14.3 Å². The molecule has 1 amide bonds.